The standard InChI is InChI=1S/C20H20FN5O5S/c1-4-30-19(28)15-11(3)16(20(29)31-5-2)32-18(15)22-14(27)10-26-24-17(23-25-26)12-6-8-13(21)9-7-12/h6-9H,4-5,10H2,1-3H3,(H,22,27). The van der Waals surface area contributed by atoms with Crippen LogP contribution in [0.5, 0.6) is 0 Å². The van der Waals surface area contributed by atoms with Crippen LogP contribution in [0.2, 0.25) is 0 Å². The molecule has 0 aliphatic carbocycles. The van der Waals surface area contributed by atoms with Gasteiger partial charge in [-0.05, 0) is 55.8 Å². The highest BCUT2D eigenvalue weighted by Crippen LogP contribution is 2.34. The maximum absolute atomic E-state index is 13.1. The van der Waals surface area contributed by atoms with Crippen LogP contribution in [0.3, 0.4) is 0 Å². The van der Waals surface area contributed by atoms with E-state index in [4.69, 9.17) is 9.47 Å². The third-order valence-corrected chi connectivity index (χ3v) is 5.37. The highest BCUT2D eigenvalue weighted by Gasteiger charge is 2.27. The number of nitrogens with zero attached hydrogens (tertiary/aromatic N) is 4. The number of nitrogens with one attached hydrogen (secondary N) is 1. The molecular formula is C20H20FN5O5S. The van der Waals surface area contributed by atoms with Gasteiger partial charge in [0.1, 0.15) is 22.2 Å². The number of esters is 2. The predicted molar refractivity (Wildman–Crippen MR) is 113 cm³/mol. The summed E-state index contributed by atoms with van der Waals surface area (Å²) in [6.45, 7) is 4.90. The molecule has 168 valence electrons. The first-order chi connectivity index (χ1) is 15.3. The first kappa shape index (κ1) is 23.0. The molecular weight excluding hydrogens is 441 g/mol. The van der Waals surface area contributed by atoms with Crippen molar-refractivity contribution in [1.29, 1.82) is 0 Å². The van der Waals surface area contributed by atoms with Gasteiger partial charge in [0.15, 0.2) is 0 Å². The fraction of sp³-hybridized carbons (Fsp3) is 0.300. The molecule has 0 fully saturated rings. The largest absolute Gasteiger partial charge is 0.462 e. The van der Waals surface area contributed by atoms with Crippen LogP contribution in [0.4, 0.5) is 9.39 Å². The van der Waals surface area contributed by atoms with Crippen molar-refractivity contribution >= 4 is 34.2 Å². The fourth-order valence-electron chi connectivity index (χ4n) is 2.76. The summed E-state index contributed by atoms with van der Waals surface area (Å²) in [7, 11) is 0. The number of tetrazole rings is 1. The molecule has 0 saturated carbocycles. The highest BCUT2D eigenvalue weighted by molar-refractivity contribution is 7.18. The van der Waals surface area contributed by atoms with Crippen molar-refractivity contribution in [2.45, 2.75) is 27.3 Å². The van der Waals surface area contributed by atoms with E-state index in [2.05, 4.69) is 20.7 Å². The minimum absolute atomic E-state index is 0.0896. The molecule has 0 atom stereocenters. The lowest BCUT2D eigenvalue weighted by Crippen LogP contribution is -2.21. The van der Waals surface area contributed by atoms with E-state index in [1.54, 1.807) is 20.8 Å². The Morgan fingerprint density at radius 1 is 1.09 bits per heavy atom. The van der Waals surface area contributed by atoms with Crippen molar-refractivity contribution in [3.8, 4) is 11.4 Å². The quantitative estimate of drug-likeness (QED) is 0.508. The van der Waals surface area contributed by atoms with Gasteiger partial charge < -0.3 is 14.8 Å². The Morgan fingerprint density at radius 3 is 2.41 bits per heavy atom. The molecule has 3 aromatic rings. The second-order valence-corrected chi connectivity index (χ2v) is 7.42. The Labute approximate surface area is 186 Å². The van der Waals surface area contributed by atoms with Gasteiger partial charge >= 0.3 is 11.9 Å². The highest BCUT2D eigenvalue weighted by atomic mass is 32.1. The summed E-state index contributed by atoms with van der Waals surface area (Å²) in [6.07, 6.45) is 0. The number of halogens is 1. The molecule has 1 amide bonds. The number of carbonyl (C=O) groups is 3. The molecule has 0 aliphatic heterocycles. The Balaban J connectivity index is 1.79. The van der Waals surface area contributed by atoms with Crippen LogP contribution >= 0.6 is 11.3 Å². The lowest BCUT2D eigenvalue weighted by atomic mass is 10.1. The van der Waals surface area contributed by atoms with E-state index >= 15 is 0 Å². The number of hydrogen-bond donors (Lipinski definition) is 1. The summed E-state index contributed by atoms with van der Waals surface area (Å²) in [5, 5.41) is 14.5. The van der Waals surface area contributed by atoms with Crippen molar-refractivity contribution < 1.29 is 28.2 Å². The number of ether oxygens (including phenoxy) is 2. The zero-order valence-corrected chi connectivity index (χ0v) is 18.4. The summed E-state index contributed by atoms with van der Waals surface area (Å²) in [5.74, 6) is -1.98. The SMILES string of the molecule is CCOC(=O)c1sc(NC(=O)Cn2nnc(-c3ccc(F)cc3)n2)c(C(=O)OCC)c1C. The summed E-state index contributed by atoms with van der Waals surface area (Å²) < 4.78 is 23.2. The van der Waals surface area contributed by atoms with Gasteiger partial charge in [-0.15, -0.1) is 21.5 Å². The molecule has 0 unspecified atom stereocenters. The van der Waals surface area contributed by atoms with Gasteiger partial charge in [-0.1, -0.05) is 0 Å². The van der Waals surface area contributed by atoms with E-state index in [0.717, 1.165) is 16.1 Å². The molecule has 3 rings (SSSR count). The Bertz CT molecular complexity index is 1140. The molecule has 32 heavy (non-hydrogen) atoms. The number of carbonyl (C=O) groups excluding carboxylic acids is 3. The van der Waals surface area contributed by atoms with Crippen LogP contribution in [0.15, 0.2) is 24.3 Å². The second-order valence-electron chi connectivity index (χ2n) is 6.40. The number of anilines is 1. The first-order valence-electron chi connectivity index (χ1n) is 9.65. The van der Waals surface area contributed by atoms with E-state index in [0.29, 0.717) is 11.1 Å². The number of aromatic nitrogens is 4. The maximum Gasteiger partial charge on any atom is 0.348 e. The molecule has 1 N–H and O–H groups in total. The third-order valence-electron chi connectivity index (χ3n) is 4.18. The number of benzene rings is 1. The Morgan fingerprint density at radius 2 is 1.75 bits per heavy atom. The van der Waals surface area contributed by atoms with Gasteiger partial charge in [0.2, 0.25) is 11.7 Å². The number of hydrogen-bond acceptors (Lipinski definition) is 9. The van der Waals surface area contributed by atoms with E-state index in [1.165, 1.54) is 24.3 Å². The maximum atomic E-state index is 13.1. The molecule has 2 aromatic heterocycles. The molecule has 10 nitrogen and oxygen atoms in total. The number of rotatable bonds is 8. The average Bonchev–Trinajstić information content (AvgIpc) is 3.33. The topological polar surface area (TPSA) is 125 Å². The van der Waals surface area contributed by atoms with Crippen LogP contribution in [0, 0.1) is 12.7 Å². The number of amides is 1. The van der Waals surface area contributed by atoms with Gasteiger partial charge in [0.25, 0.3) is 0 Å². The summed E-state index contributed by atoms with van der Waals surface area (Å²) in [4.78, 5) is 38.5. The van der Waals surface area contributed by atoms with Crippen LogP contribution in [-0.2, 0) is 20.8 Å². The monoisotopic (exact) mass is 461 g/mol. The Hall–Kier alpha value is -3.67. The van der Waals surface area contributed by atoms with Gasteiger partial charge in [0, 0.05) is 5.56 Å². The van der Waals surface area contributed by atoms with Gasteiger partial charge in [-0.3, -0.25) is 4.79 Å². The lowest BCUT2D eigenvalue weighted by Gasteiger charge is -2.06. The molecule has 0 aliphatic rings. The second kappa shape index (κ2) is 10.1. The average molecular weight is 461 g/mol. The zero-order valence-electron chi connectivity index (χ0n) is 17.5. The van der Waals surface area contributed by atoms with Gasteiger partial charge in [-0.25, -0.2) is 14.0 Å². The molecule has 0 spiro atoms. The van der Waals surface area contributed by atoms with E-state index in [9.17, 15) is 18.8 Å². The molecule has 0 saturated heterocycles. The van der Waals surface area contributed by atoms with Crippen LogP contribution in [-0.4, -0.2) is 51.3 Å². The van der Waals surface area contributed by atoms with Crippen LogP contribution < -0.4 is 5.32 Å². The molecule has 12 heteroatoms. The summed E-state index contributed by atoms with van der Waals surface area (Å²) in [6, 6.07) is 5.52. The van der Waals surface area contributed by atoms with Crippen molar-refractivity contribution in [2.24, 2.45) is 0 Å². The minimum atomic E-state index is -0.662. The zero-order chi connectivity index (χ0) is 23.3. The fourth-order valence-corrected chi connectivity index (χ4v) is 3.87. The summed E-state index contributed by atoms with van der Waals surface area (Å²) >= 11 is 0.922. The lowest BCUT2D eigenvalue weighted by molar-refractivity contribution is -0.117. The van der Waals surface area contributed by atoms with Crippen LogP contribution in [0.1, 0.15) is 39.4 Å². The van der Waals surface area contributed by atoms with Gasteiger partial charge in [0.05, 0.1) is 18.8 Å². The predicted octanol–water partition coefficient (Wildman–Crippen LogP) is 2.84. The van der Waals surface area contributed by atoms with Crippen molar-refractivity contribution in [1.82, 2.24) is 20.2 Å². The van der Waals surface area contributed by atoms with E-state index < -0.39 is 23.7 Å². The smallest absolute Gasteiger partial charge is 0.348 e. The third kappa shape index (κ3) is 5.14. The minimum Gasteiger partial charge on any atom is -0.462 e. The van der Waals surface area contributed by atoms with Crippen LogP contribution in [0.25, 0.3) is 11.4 Å². The molecule has 1 aromatic carbocycles. The van der Waals surface area contributed by atoms with Gasteiger partial charge in [-0.2, -0.15) is 4.80 Å². The molecule has 2 heterocycles. The van der Waals surface area contributed by atoms with E-state index in [-0.39, 0.29) is 41.0 Å². The van der Waals surface area contributed by atoms with Crippen molar-refractivity contribution in [3.05, 3.63) is 46.1 Å². The number of thiophene rings is 1. The Kier molecular flexibility index (Phi) is 7.25. The van der Waals surface area contributed by atoms with Crippen molar-refractivity contribution in [3.63, 3.8) is 0 Å². The first-order valence-corrected chi connectivity index (χ1v) is 10.5. The normalized spacial score (nSPS) is 10.6. The molecule has 0 bridgehead atoms. The molecule has 0 radical (unpaired) electrons. The van der Waals surface area contributed by atoms with Crippen molar-refractivity contribution in [2.75, 3.05) is 18.5 Å². The van der Waals surface area contributed by atoms with E-state index in [1.807, 2.05) is 0 Å². The summed E-state index contributed by atoms with van der Waals surface area (Å²) in [5.41, 5.74) is 0.988.